The van der Waals surface area contributed by atoms with Gasteiger partial charge in [-0.25, -0.2) is 4.39 Å². The number of nitrogens with zero attached hydrogens (tertiary/aromatic N) is 3. The zero-order valence-corrected chi connectivity index (χ0v) is 16.5. The van der Waals surface area contributed by atoms with E-state index in [1.54, 1.807) is 61.0 Å². The van der Waals surface area contributed by atoms with Gasteiger partial charge in [0.05, 0.1) is 10.8 Å². The summed E-state index contributed by atoms with van der Waals surface area (Å²) in [5.41, 5.74) is 1.54. The van der Waals surface area contributed by atoms with Gasteiger partial charge in [-0.05, 0) is 50.2 Å². The Kier molecular flexibility index (Phi) is 5.89. The second-order valence-electron chi connectivity index (χ2n) is 6.23. The molecule has 0 fully saturated rings. The number of hydrogen-bond acceptors (Lipinski definition) is 5. The van der Waals surface area contributed by atoms with E-state index in [1.807, 2.05) is 0 Å². The van der Waals surface area contributed by atoms with E-state index in [2.05, 4.69) is 15.5 Å². The number of benzene rings is 2. The van der Waals surface area contributed by atoms with Gasteiger partial charge in [-0.2, -0.15) is 0 Å². The maximum atomic E-state index is 14.0. The number of amides is 1. The summed E-state index contributed by atoms with van der Waals surface area (Å²) in [7, 11) is 1.73. The minimum Gasteiger partial charge on any atom is -0.325 e. The van der Waals surface area contributed by atoms with Gasteiger partial charge in [0.15, 0.2) is 16.8 Å². The van der Waals surface area contributed by atoms with Gasteiger partial charge in [-0.15, -0.1) is 10.2 Å². The van der Waals surface area contributed by atoms with Crippen molar-refractivity contribution in [3.05, 3.63) is 59.9 Å². The Morgan fingerprint density at radius 2 is 1.79 bits per heavy atom. The van der Waals surface area contributed by atoms with Crippen molar-refractivity contribution < 1.29 is 14.0 Å². The molecule has 1 amide bonds. The quantitative estimate of drug-likeness (QED) is 0.503. The van der Waals surface area contributed by atoms with Gasteiger partial charge in [0.2, 0.25) is 5.91 Å². The van der Waals surface area contributed by atoms with Gasteiger partial charge in [0.1, 0.15) is 5.82 Å². The van der Waals surface area contributed by atoms with Crippen molar-refractivity contribution in [1.29, 1.82) is 0 Å². The summed E-state index contributed by atoms with van der Waals surface area (Å²) in [5.74, 6) is -0.229. The molecule has 1 aromatic heterocycles. The third-order valence-corrected chi connectivity index (χ3v) is 5.29. The first kappa shape index (κ1) is 19.8. The van der Waals surface area contributed by atoms with E-state index in [0.29, 0.717) is 27.8 Å². The number of Topliss-reactive ketones (excluding diaryl/α,β-unsaturated/α-hetero) is 1. The van der Waals surface area contributed by atoms with Crippen molar-refractivity contribution >= 4 is 29.1 Å². The molecule has 3 aromatic rings. The van der Waals surface area contributed by atoms with Crippen molar-refractivity contribution in [1.82, 2.24) is 14.8 Å². The lowest BCUT2D eigenvalue weighted by Gasteiger charge is -2.12. The molecule has 0 aliphatic rings. The van der Waals surface area contributed by atoms with Crippen molar-refractivity contribution in [2.75, 3.05) is 5.32 Å². The number of thioether (sulfide) groups is 1. The maximum absolute atomic E-state index is 14.0. The summed E-state index contributed by atoms with van der Waals surface area (Å²) in [5, 5.41) is 11.0. The molecule has 0 saturated carbocycles. The minimum atomic E-state index is -0.455. The van der Waals surface area contributed by atoms with Crippen LogP contribution in [0.15, 0.2) is 53.7 Å². The Bertz CT molecular complexity index is 1020. The van der Waals surface area contributed by atoms with Crippen molar-refractivity contribution in [3.63, 3.8) is 0 Å². The predicted octanol–water partition coefficient (Wildman–Crippen LogP) is 3.94. The first-order chi connectivity index (χ1) is 13.4. The Hall–Kier alpha value is -3.00. The van der Waals surface area contributed by atoms with Crippen LogP contribution in [0.4, 0.5) is 10.1 Å². The third kappa shape index (κ3) is 4.28. The minimum absolute atomic E-state index is 0.0326. The van der Waals surface area contributed by atoms with E-state index < -0.39 is 5.25 Å². The van der Waals surface area contributed by atoms with Crippen LogP contribution in [0.1, 0.15) is 24.2 Å². The molecule has 1 N–H and O–H groups in total. The number of halogens is 1. The molecule has 1 heterocycles. The Balaban J connectivity index is 1.69. The maximum Gasteiger partial charge on any atom is 0.237 e. The number of nitrogens with one attached hydrogen (secondary N) is 1. The number of ketones is 1. The van der Waals surface area contributed by atoms with E-state index >= 15 is 0 Å². The van der Waals surface area contributed by atoms with Gasteiger partial charge in [0.25, 0.3) is 0 Å². The van der Waals surface area contributed by atoms with Crippen molar-refractivity contribution in [2.24, 2.45) is 7.05 Å². The van der Waals surface area contributed by atoms with Gasteiger partial charge in [-0.3, -0.25) is 9.59 Å². The second kappa shape index (κ2) is 8.35. The average molecular weight is 398 g/mol. The number of anilines is 1. The fraction of sp³-hybridized carbons (Fsp3) is 0.200. The summed E-state index contributed by atoms with van der Waals surface area (Å²) >= 11 is 1.23. The highest BCUT2D eigenvalue weighted by atomic mass is 32.2. The van der Waals surface area contributed by atoms with Crippen LogP contribution in [0.5, 0.6) is 0 Å². The molecular formula is C20H19FN4O2S. The standard InChI is InChI=1S/C20H19FN4O2S/c1-12(26)14-8-10-15(11-9-14)22-19(27)13(2)28-20-24-23-18(25(20)3)16-6-4-5-7-17(16)21/h4-11,13H,1-3H3,(H,22,27)/t13-/m1/s1. The third-order valence-electron chi connectivity index (χ3n) is 4.16. The van der Waals surface area contributed by atoms with E-state index in [-0.39, 0.29) is 17.5 Å². The van der Waals surface area contributed by atoms with Crippen LogP contribution in [0.3, 0.4) is 0 Å². The number of carbonyl (C=O) groups excluding carboxylic acids is 2. The zero-order chi connectivity index (χ0) is 20.3. The number of rotatable bonds is 6. The van der Waals surface area contributed by atoms with E-state index in [1.165, 1.54) is 24.8 Å². The van der Waals surface area contributed by atoms with Crippen molar-refractivity contribution in [3.8, 4) is 11.4 Å². The zero-order valence-electron chi connectivity index (χ0n) is 15.6. The van der Waals surface area contributed by atoms with Gasteiger partial charge in [-0.1, -0.05) is 23.9 Å². The van der Waals surface area contributed by atoms with Crippen LogP contribution in [-0.2, 0) is 11.8 Å². The molecule has 0 spiro atoms. The summed E-state index contributed by atoms with van der Waals surface area (Å²) in [6, 6.07) is 13.0. The van der Waals surface area contributed by atoms with Gasteiger partial charge >= 0.3 is 0 Å². The fourth-order valence-corrected chi connectivity index (χ4v) is 3.35. The lowest BCUT2D eigenvalue weighted by molar-refractivity contribution is -0.115. The summed E-state index contributed by atoms with van der Waals surface area (Å²) in [6.45, 7) is 3.24. The SMILES string of the molecule is CC(=O)c1ccc(NC(=O)[C@@H](C)Sc2nnc(-c3ccccc3F)n2C)cc1. The molecular weight excluding hydrogens is 379 g/mol. The summed E-state index contributed by atoms with van der Waals surface area (Å²) in [6.07, 6.45) is 0. The van der Waals surface area contributed by atoms with Gasteiger partial charge < -0.3 is 9.88 Å². The summed E-state index contributed by atoms with van der Waals surface area (Å²) < 4.78 is 15.7. The molecule has 0 bridgehead atoms. The van der Waals surface area contributed by atoms with Gasteiger partial charge in [0, 0.05) is 18.3 Å². The molecule has 2 aromatic carbocycles. The van der Waals surface area contributed by atoms with Crippen LogP contribution < -0.4 is 5.32 Å². The average Bonchev–Trinajstić information content (AvgIpc) is 3.03. The molecule has 0 radical (unpaired) electrons. The number of carbonyl (C=O) groups is 2. The first-order valence-electron chi connectivity index (χ1n) is 8.59. The Labute approximate surface area is 166 Å². The largest absolute Gasteiger partial charge is 0.325 e. The lowest BCUT2D eigenvalue weighted by atomic mass is 10.1. The monoisotopic (exact) mass is 398 g/mol. The molecule has 3 rings (SSSR count). The highest BCUT2D eigenvalue weighted by Gasteiger charge is 2.20. The topological polar surface area (TPSA) is 76.9 Å². The van der Waals surface area contributed by atoms with Crippen LogP contribution in [0, 0.1) is 5.82 Å². The molecule has 0 aliphatic carbocycles. The second-order valence-corrected chi connectivity index (χ2v) is 7.54. The molecule has 28 heavy (non-hydrogen) atoms. The molecule has 144 valence electrons. The van der Waals surface area contributed by atoms with Crippen LogP contribution in [0.25, 0.3) is 11.4 Å². The molecule has 6 nitrogen and oxygen atoms in total. The predicted molar refractivity (Wildman–Crippen MR) is 107 cm³/mol. The molecule has 1 atom stereocenters. The Morgan fingerprint density at radius 3 is 2.43 bits per heavy atom. The van der Waals surface area contributed by atoms with Crippen LogP contribution in [0.2, 0.25) is 0 Å². The van der Waals surface area contributed by atoms with E-state index in [0.717, 1.165) is 0 Å². The molecule has 0 unspecified atom stereocenters. The van der Waals surface area contributed by atoms with E-state index in [4.69, 9.17) is 0 Å². The molecule has 0 aliphatic heterocycles. The number of aromatic nitrogens is 3. The molecule has 8 heteroatoms. The highest BCUT2D eigenvalue weighted by Crippen LogP contribution is 2.27. The van der Waals surface area contributed by atoms with Crippen LogP contribution in [-0.4, -0.2) is 31.7 Å². The fourth-order valence-electron chi connectivity index (χ4n) is 2.54. The lowest BCUT2D eigenvalue weighted by Crippen LogP contribution is -2.22. The molecule has 0 saturated heterocycles. The first-order valence-corrected chi connectivity index (χ1v) is 9.47. The number of hydrogen-bond donors (Lipinski definition) is 1. The van der Waals surface area contributed by atoms with E-state index in [9.17, 15) is 14.0 Å². The highest BCUT2D eigenvalue weighted by molar-refractivity contribution is 8.00. The summed E-state index contributed by atoms with van der Waals surface area (Å²) in [4.78, 5) is 23.8. The van der Waals surface area contributed by atoms with Crippen molar-refractivity contribution in [2.45, 2.75) is 24.3 Å². The normalized spacial score (nSPS) is 11.9. The Morgan fingerprint density at radius 1 is 1.11 bits per heavy atom. The van der Waals surface area contributed by atoms with Crippen LogP contribution >= 0.6 is 11.8 Å². The smallest absolute Gasteiger partial charge is 0.237 e.